The molecule has 1 N–H and O–H groups in total. The van der Waals surface area contributed by atoms with Crippen LogP contribution in [0.3, 0.4) is 0 Å². The Morgan fingerprint density at radius 2 is 2.00 bits per heavy atom. The summed E-state index contributed by atoms with van der Waals surface area (Å²) in [4.78, 5) is 15.5. The van der Waals surface area contributed by atoms with Gasteiger partial charge in [0.05, 0.1) is 5.41 Å². The van der Waals surface area contributed by atoms with Crippen LogP contribution in [0.1, 0.15) is 20.3 Å². The predicted octanol–water partition coefficient (Wildman–Crippen LogP) is 3.05. The Morgan fingerprint density at radius 3 is 2.63 bits per heavy atom. The van der Waals surface area contributed by atoms with E-state index in [4.69, 9.17) is 5.11 Å². The topological polar surface area (TPSA) is 55.1 Å². The minimum absolute atomic E-state index is 0.568. The van der Waals surface area contributed by atoms with Crippen molar-refractivity contribution in [1.82, 2.24) is 9.55 Å². The summed E-state index contributed by atoms with van der Waals surface area (Å²) in [5, 5.41) is 9.13. The number of aryl methyl sites for hydroxylation is 1. The van der Waals surface area contributed by atoms with Crippen LogP contribution >= 0.6 is 0 Å². The maximum Gasteiger partial charge on any atom is 0.309 e. The molecule has 100 valence electrons. The molecule has 0 saturated carbocycles. The highest BCUT2D eigenvalue weighted by Gasteiger charge is 2.26. The quantitative estimate of drug-likeness (QED) is 0.896. The summed E-state index contributed by atoms with van der Waals surface area (Å²) in [6, 6.07) is 9.90. The molecular formula is C15H18N2O2. The minimum Gasteiger partial charge on any atom is -0.481 e. The van der Waals surface area contributed by atoms with Crippen LogP contribution in [0.5, 0.6) is 0 Å². The summed E-state index contributed by atoms with van der Waals surface area (Å²) in [6.45, 7) is 4.13. The van der Waals surface area contributed by atoms with Crippen LogP contribution in [0.4, 0.5) is 0 Å². The summed E-state index contributed by atoms with van der Waals surface area (Å²) in [7, 11) is 0. The Balaban J connectivity index is 2.16. The molecule has 0 aliphatic rings. The number of aromatic nitrogens is 2. The largest absolute Gasteiger partial charge is 0.481 e. The average Bonchev–Trinajstić information content (AvgIpc) is 2.85. The molecular weight excluding hydrogens is 240 g/mol. The lowest BCUT2D eigenvalue weighted by molar-refractivity contribution is -0.147. The fraction of sp³-hybridized carbons (Fsp3) is 0.333. The summed E-state index contributed by atoms with van der Waals surface area (Å²) < 4.78 is 2.00. The molecule has 4 nitrogen and oxygen atoms in total. The van der Waals surface area contributed by atoms with Gasteiger partial charge in [0, 0.05) is 24.5 Å². The van der Waals surface area contributed by atoms with Crippen molar-refractivity contribution >= 4 is 5.97 Å². The van der Waals surface area contributed by atoms with E-state index in [2.05, 4.69) is 4.98 Å². The monoisotopic (exact) mass is 258 g/mol. The van der Waals surface area contributed by atoms with Crippen molar-refractivity contribution in [2.45, 2.75) is 26.8 Å². The number of carboxylic acid groups (broad SMARTS) is 1. The highest BCUT2D eigenvalue weighted by Crippen LogP contribution is 2.23. The molecule has 0 aliphatic heterocycles. The molecule has 0 saturated heterocycles. The van der Waals surface area contributed by atoms with E-state index < -0.39 is 11.4 Å². The van der Waals surface area contributed by atoms with Crippen molar-refractivity contribution in [3.05, 3.63) is 42.7 Å². The fourth-order valence-electron chi connectivity index (χ4n) is 1.84. The third-order valence-electron chi connectivity index (χ3n) is 3.30. The summed E-state index contributed by atoms with van der Waals surface area (Å²) in [5.74, 6) is 0.107. The van der Waals surface area contributed by atoms with Crippen molar-refractivity contribution in [1.29, 1.82) is 0 Å². The van der Waals surface area contributed by atoms with Gasteiger partial charge in [0.15, 0.2) is 0 Å². The number of nitrogens with zero attached hydrogens (tertiary/aromatic N) is 2. The molecule has 0 spiro atoms. The van der Waals surface area contributed by atoms with E-state index in [1.54, 1.807) is 20.0 Å². The molecule has 4 heteroatoms. The maximum absolute atomic E-state index is 11.1. The van der Waals surface area contributed by atoms with E-state index in [0.29, 0.717) is 13.0 Å². The second-order valence-corrected chi connectivity index (χ2v) is 5.25. The lowest BCUT2D eigenvalue weighted by atomic mass is 9.89. The van der Waals surface area contributed by atoms with Crippen LogP contribution < -0.4 is 0 Å². The first-order valence-electron chi connectivity index (χ1n) is 6.31. The molecule has 0 atom stereocenters. The second kappa shape index (κ2) is 5.26. The van der Waals surface area contributed by atoms with E-state index in [0.717, 1.165) is 11.4 Å². The minimum atomic E-state index is -0.770. The molecule has 2 rings (SSSR count). The van der Waals surface area contributed by atoms with Gasteiger partial charge in [0.1, 0.15) is 5.82 Å². The van der Waals surface area contributed by atoms with Gasteiger partial charge in [0.2, 0.25) is 0 Å². The van der Waals surface area contributed by atoms with Crippen molar-refractivity contribution in [2.24, 2.45) is 5.41 Å². The van der Waals surface area contributed by atoms with Gasteiger partial charge in [-0.2, -0.15) is 0 Å². The van der Waals surface area contributed by atoms with E-state index >= 15 is 0 Å². The molecule has 1 aromatic heterocycles. The van der Waals surface area contributed by atoms with Gasteiger partial charge < -0.3 is 9.67 Å². The number of imidazole rings is 1. The van der Waals surface area contributed by atoms with Crippen LogP contribution in [-0.4, -0.2) is 20.6 Å². The molecule has 2 aromatic rings. The Kier molecular flexibility index (Phi) is 3.69. The summed E-state index contributed by atoms with van der Waals surface area (Å²) >= 11 is 0. The van der Waals surface area contributed by atoms with E-state index in [9.17, 15) is 4.79 Å². The molecule has 0 unspecified atom stereocenters. The highest BCUT2D eigenvalue weighted by molar-refractivity contribution is 5.73. The molecule has 0 amide bonds. The number of carboxylic acids is 1. The van der Waals surface area contributed by atoms with Crippen molar-refractivity contribution in [2.75, 3.05) is 0 Å². The smallest absolute Gasteiger partial charge is 0.309 e. The van der Waals surface area contributed by atoms with Gasteiger partial charge in [-0.3, -0.25) is 4.79 Å². The van der Waals surface area contributed by atoms with E-state index in [1.165, 1.54) is 0 Å². The Bertz CT molecular complexity index is 559. The van der Waals surface area contributed by atoms with Gasteiger partial charge in [-0.05, 0) is 20.3 Å². The fourth-order valence-corrected chi connectivity index (χ4v) is 1.84. The van der Waals surface area contributed by atoms with Crippen molar-refractivity contribution < 1.29 is 9.90 Å². The van der Waals surface area contributed by atoms with Gasteiger partial charge in [-0.15, -0.1) is 0 Å². The molecule has 0 aliphatic carbocycles. The molecule has 1 heterocycles. The van der Waals surface area contributed by atoms with Crippen LogP contribution in [0.25, 0.3) is 11.4 Å². The number of rotatable bonds is 5. The van der Waals surface area contributed by atoms with Gasteiger partial charge >= 0.3 is 5.97 Å². The highest BCUT2D eigenvalue weighted by atomic mass is 16.4. The van der Waals surface area contributed by atoms with E-state index in [1.807, 2.05) is 41.1 Å². The third-order valence-corrected chi connectivity index (χ3v) is 3.30. The van der Waals surface area contributed by atoms with Crippen LogP contribution in [0.15, 0.2) is 42.7 Å². The van der Waals surface area contributed by atoms with Gasteiger partial charge in [-0.25, -0.2) is 4.98 Å². The lowest BCUT2D eigenvalue weighted by Crippen LogP contribution is -2.25. The number of hydrogen-bond acceptors (Lipinski definition) is 2. The Labute approximate surface area is 112 Å². The third kappa shape index (κ3) is 3.02. The summed E-state index contributed by atoms with van der Waals surface area (Å²) in [5.41, 5.74) is 0.318. The molecule has 19 heavy (non-hydrogen) atoms. The normalized spacial score (nSPS) is 11.5. The molecule has 0 fully saturated rings. The maximum atomic E-state index is 11.1. The van der Waals surface area contributed by atoms with Gasteiger partial charge in [0.25, 0.3) is 0 Å². The zero-order valence-electron chi connectivity index (χ0n) is 11.2. The first-order valence-corrected chi connectivity index (χ1v) is 6.31. The number of carbonyl (C=O) groups is 1. The number of aliphatic carboxylic acids is 1. The van der Waals surface area contributed by atoms with Crippen LogP contribution in [0.2, 0.25) is 0 Å². The standard InChI is InChI=1S/C15H18N2O2/c1-15(2,14(18)19)8-10-17-11-9-16-13(17)12-6-4-3-5-7-12/h3-7,9,11H,8,10H2,1-2H3,(H,18,19). The van der Waals surface area contributed by atoms with E-state index in [-0.39, 0.29) is 0 Å². The second-order valence-electron chi connectivity index (χ2n) is 5.25. The van der Waals surface area contributed by atoms with Crippen molar-refractivity contribution in [3.63, 3.8) is 0 Å². The summed E-state index contributed by atoms with van der Waals surface area (Å²) in [6.07, 6.45) is 4.20. The molecule has 0 radical (unpaired) electrons. The molecule has 1 aromatic carbocycles. The number of benzene rings is 1. The molecule has 0 bridgehead atoms. The zero-order valence-corrected chi connectivity index (χ0v) is 11.2. The first kappa shape index (κ1) is 13.3. The zero-order chi connectivity index (χ0) is 13.9. The van der Waals surface area contributed by atoms with Crippen LogP contribution in [0, 0.1) is 5.41 Å². The Hall–Kier alpha value is -2.10. The lowest BCUT2D eigenvalue weighted by Gasteiger charge is -2.19. The average molecular weight is 258 g/mol. The first-order chi connectivity index (χ1) is 9.00. The predicted molar refractivity (Wildman–Crippen MR) is 73.7 cm³/mol. The van der Waals surface area contributed by atoms with Crippen LogP contribution in [-0.2, 0) is 11.3 Å². The van der Waals surface area contributed by atoms with Crippen molar-refractivity contribution in [3.8, 4) is 11.4 Å². The van der Waals surface area contributed by atoms with Gasteiger partial charge in [-0.1, -0.05) is 30.3 Å². The number of hydrogen-bond donors (Lipinski definition) is 1. The Morgan fingerprint density at radius 1 is 1.32 bits per heavy atom. The SMILES string of the molecule is CC(C)(CCn1ccnc1-c1ccccc1)C(=O)O.